The maximum absolute atomic E-state index is 11.9. The average molecular weight is 250 g/mol. The Morgan fingerprint density at radius 1 is 1.59 bits per heavy atom. The molecule has 0 fully saturated rings. The Hall–Kier alpha value is -1.67. The highest BCUT2D eigenvalue weighted by molar-refractivity contribution is 5.73. The number of amides is 1. The lowest BCUT2D eigenvalue weighted by molar-refractivity contribution is -0.786. The number of nitrogens with one attached hydrogen (secondary N) is 1. The second-order valence-electron chi connectivity index (χ2n) is 3.13. The van der Waals surface area contributed by atoms with E-state index in [1.807, 2.05) is 0 Å². The molecule has 0 saturated carbocycles. The molecule has 0 aliphatic carbocycles. The van der Waals surface area contributed by atoms with E-state index in [2.05, 4.69) is 4.98 Å². The van der Waals surface area contributed by atoms with Crippen LogP contribution in [0.5, 0.6) is 5.88 Å². The first-order valence-electron chi connectivity index (χ1n) is 4.48. The van der Waals surface area contributed by atoms with Gasteiger partial charge in [0.2, 0.25) is 5.88 Å². The minimum absolute atomic E-state index is 0.162. The summed E-state index contributed by atoms with van der Waals surface area (Å²) in [6, 6.07) is 2.63. The van der Waals surface area contributed by atoms with E-state index in [4.69, 9.17) is 4.74 Å². The highest BCUT2D eigenvalue weighted by Gasteiger charge is 2.44. The summed E-state index contributed by atoms with van der Waals surface area (Å²) in [5.74, 6) is -2.19. The molecule has 94 valence electrons. The largest absolute Gasteiger partial charge is 0.626 e. The van der Waals surface area contributed by atoms with Gasteiger partial charge in [-0.15, -0.1) is 0 Å². The van der Waals surface area contributed by atoms with Gasteiger partial charge in [-0.2, -0.15) is 13.2 Å². The van der Waals surface area contributed by atoms with Crippen molar-refractivity contribution < 1.29 is 27.8 Å². The van der Waals surface area contributed by atoms with Crippen LogP contribution in [0.1, 0.15) is 5.56 Å². The predicted octanol–water partition coefficient (Wildman–Crippen LogP) is 0.0618. The summed E-state index contributed by atoms with van der Waals surface area (Å²) in [6.45, 7) is -0.628. The number of methoxy groups -OCH3 is 1. The van der Waals surface area contributed by atoms with Crippen molar-refractivity contribution in [3.63, 3.8) is 0 Å². The first kappa shape index (κ1) is 13.4. The molecule has 0 aliphatic rings. The van der Waals surface area contributed by atoms with Crippen molar-refractivity contribution in [2.75, 3.05) is 7.11 Å². The van der Waals surface area contributed by atoms with Gasteiger partial charge >= 0.3 is 12.1 Å². The number of pyridine rings is 1. The molecule has 1 atom stereocenters. The number of quaternary nitrogens is 1. The lowest BCUT2D eigenvalue weighted by Crippen LogP contribution is -3.10. The van der Waals surface area contributed by atoms with Crippen LogP contribution in [0.2, 0.25) is 0 Å². The minimum Gasteiger partial charge on any atom is -0.626 e. The van der Waals surface area contributed by atoms with Gasteiger partial charge in [-0.25, -0.2) is 9.78 Å². The Bertz CT molecular complexity index is 409. The van der Waals surface area contributed by atoms with Crippen molar-refractivity contribution in [2.24, 2.45) is 0 Å². The maximum Gasteiger partial charge on any atom is 0.509 e. The Labute approximate surface area is 94.4 Å². The van der Waals surface area contributed by atoms with E-state index in [-0.39, 0.29) is 11.4 Å². The average Bonchev–Trinajstić information content (AvgIpc) is 2.27. The van der Waals surface area contributed by atoms with Crippen LogP contribution < -0.4 is 9.80 Å². The topological polar surface area (TPSA) is 66.7 Å². The Balaban J connectivity index is 2.74. The smallest absolute Gasteiger partial charge is 0.509 e. The van der Waals surface area contributed by atoms with E-state index in [0.717, 1.165) is 0 Å². The lowest BCUT2D eigenvalue weighted by Gasteiger charge is -2.20. The molecule has 5 nitrogen and oxygen atoms in total. The summed E-state index contributed by atoms with van der Waals surface area (Å²) >= 11 is 0. The normalized spacial score (nSPS) is 13.2. The van der Waals surface area contributed by atoms with Gasteiger partial charge in [-0.3, -0.25) is 5.06 Å². The Kier molecular flexibility index (Phi) is 4.02. The third-order valence-electron chi connectivity index (χ3n) is 1.88. The molecule has 1 heterocycles. The summed E-state index contributed by atoms with van der Waals surface area (Å²) in [7, 11) is 1.33. The number of carbonyl (C=O) groups excluding carboxylic acids is 1. The van der Waals surface area contributed by atoms with Crippen molar-refractivity contribution in [1.82, 2.24) is 4.98 Å². The molecule has 0 aromatic carbocycles. The fraction of sp³-hybridized carbons (Fsp3) is 0.333. The molecule has 0 saturated heterocycles. The Morgan fingerprint density at radius 2 is 2.24 bits per heavy atom. The van der Waals surface area contributed by atoms with Crippen molar-refractivity contribution in [2.45, 2.75) is 12.7 Å². The molecule has 17 heavy (non-hydrogen) atoms. The molecule has 0 aliphatic heterocycles. The van der Waals surface area contributed by atoms with E-state index >= 15 is 0 Å². The second kappa shape index (κ2) is 5.11. The molecule has 1 rings (SSSR count). The summed E-state index contributed by atoms with van der Waals surface area (Å²) in [6.07, 6.45) is -3.85. The number of aromatic nitrogens is 1. The van der Waals surface area contributed by atoms with Crippen molar-refractivity contribution in [3.05, 3.63) is 29.1 Å². The third kappa shape index (κ3) is 3.68. The number of nitrogens with zero attached hydrogens (tertiary/aromatic N) is 1. The predicted molar refractivity (Wildman–Crippen MR) is 49.9 cm³/mol. The van der Waals surface area contributed by atoms with Crippen LogP contribution in [0.15, 0.2) is 18.3 Å². The van der Waals surface area contributed by atoms with Crippen molar-refractivity contribution >= 4 is 5.91 Å². The Morgan fingerprint density at radius 3 is 2.76 bits per heavy atom. The molecule has 0 spiro atoms. The SMILES string of the molecule is COc1cc(C[NH+]([O-])C(=O)C(F)(F)F)ccn1. The van der Waals surface area contributed by atoms with Crippen LogP contribution in [0.25, 0.3) is 0 Å². The van der Waals surface area contributed by atoms with Gasteiger partial charge in [0.05, 0.1) is 7.11 Å². The molecule has 1 N–H and O–H groups in total. The molecule has 1 unspecified atom stereocenters. The van der Waals surface area contributed by atoms with Gasteiger partial charge < -0.3 is 9.94 Å². The molecule has 0 bridgehead atoms. The first-order valence-corrected chi connectivity index (χ1v) is 4.48. The first-order chi connectivity index (χ1) is 7.84. The zero-order valence-electron chi connectivity index (χ0n) is 8.75. The second-order valence-corrected chi connectivity index (χ2v) is 3.13. The van der Waals surface area contributed by atoms with Gasteiger partial charge in [0, 0.05) is 17.8 Å². The van der Waals surface area contributed by atoms with Crippen LogP contribution >= 0.6 is 0 Å². The number of hydrogen-bond donors (Lipinski definition) is 1. The molecular weight excluding hydrogens is 241 g/mol. The quantitative estimate of drug-likeness (QED) is 0.770. The maximum atomic E-state index is 11.9. The number of hydroxylamine groups is 2. The van der Waals surface area contributed by atoms with Crippen LogP contribution in [0, 0.1) is 5.21 Å². The molecule has 0 radical (unpaired) electrons. The standard InChI is InChI=1S/C9H9F3N2O3/c1-17-7-4-6(2-3-13-7)5-14(16)8(15)9(10,11)12/h2-4,14H,5H2,1H3. The number of carbonyl (C=O) groups is 1. The number of hydrogen-bond acceptors (Lipinski definition) is 4. The van der Waals surface area contributed by atoms with E-state index in [1.165, 1.54) is 25.4 Å². The number of alkyl halides is 3. The summed E-state index contributed by atoms with van der Waals surface area (Å²) in [4.78, 5) is 14.3. The van der Waals surface area contributed by atoms with Crippen molar-refractivity contribution in [3.8, 4) is 5.88 Å². The fourth-order valence-electron chi connectivity index (χ4n) is 1.10. The number of ether oxygens (including phenoxy) is 1. The lowest BCUT2D eigenvalue weighted by atomic mass is 10.2. The third-order valence-corrected chi connectivity index (χ3v) is 1.88. The van der Waals surface area contributed by atoms with Crippen molar-refractivity contribution in [1.29, 1.82) is 0 Å². The monoisotopic (exact) mass is 250 g/mol. The highest BCUT2D eigenvalue weighted by Crippen LogP contribution is 2.13. The summed E-state index contributed by atoms with van der Waals surface area (Å²) in [5.41, 5.74) is 0.236. The van der Waals surface area contributed by atoms with Crippen LogP contribution in [-0.4, -0.2) is 24.2 Å². The minimum atomic E-state index is -5.13. The van der Waals surface area contributed by atoms with Crippen LogP contribution in [-0.2, 0) is 11.3 Å². The van der Waals surface area contributed by atoms with Gasteiger partial charge in [0.15, 0.2) is 0 Å². The van der Waals surface area contributed by atoms with Crippen LogP contribution in [0.3, 0.4) is 0 Å². The van der Waals surface area contributed by atoms with E-state index < -0.39 is 23.7 Å². The van der Waals surface area contributed by atoms with Gasteiger partial charge in [-0.1, -0.05) is 0 Å². The highest BCUT2D eigenvalue weighted by atomic mass is 19.4. The van der Waals surface area contributed by atoms with E-state index in [1.54, 1.807) is 0 Å². The number of halogens is 3. The van der Waals surface area contributed by atoms with Gasteiger partial charge in [0.25, 0.3) is 0 Å². The molecular formula is C9H9F3N2O3. The zero-order chi connectivity index (χ0) is 13.1. The molecule has 8 heteroatoms. The van der Waals surface area contributed by atoms with E-state index in [9.17, 15) is 23.2 Å². The molecule has 1 aromatic heterocycles. The number of rotatable bonds is 3. The molecule has 1 amide bonds. The van der Waals surface area contributed by atoms with E-state index in [0.29, 0.717) is 0 Å². The zero-order valence-corrected chi connectivity index (χ0v) is 8.75. The molecule has 1 aromatic rings. The van der Waals surface area contributed by atoms with Gasteiger partial charge in [-0.05, 0) is 6.07 Å². The van der Waals surface area contributed by atoms with Gasteiger partial charge in [0.1, 0.15) is 6.54 Å². The fourth-order valence-corrected chi connectivity index (χ4v) is 1.10. The van der Waals surface area contributed by atoms with Crippen LogP contribution in [0.4, 0.5) is 13.2 Å². The summed E-state index contributed by atoms with van der Waals surface area (Å²) in [5, 5.41) is 9.52. The summed E-state index contributed by atoms with van der Waals surface area (Å²) < 4.78 is 40.6.